The summed E-state index contributed by atoms with van der Waals surface area (Å²) in [5.74, 6) is 0.355. The Morgan fingerprint density at radius 1 is 1.33 bits per heavy atom. The van der Waals surface area contributed by atoms with Gasteiger partial charge in [-0.1, -0.05) is 23.7 Å². The van der Waals surface area contributed by atoms with Gasteiger partial charge in [0.05, 0.1) is 24.2 Å². The molecular weight excluding hydrogens is 252 g/mol. The highest BCUT2D eigenvalue weighted by atomic mass is 35.5. The molecule has 0 aliphatic rings. The van der Waals surface area contributed by atoms with Gasteiger partial charge in [-0.25, -0.2) is 9.97 Å². The normalized spacial score (nSPS) is 10.1. The molecule has 0 radical (unpaired) electrons. The third kappa shape index (κ3) is 2.84. The number of Topliss-reactive ketones (excluding diaryl/α,β-unsaturated/α-hetero) is 1. The van der Waals surface area contributed by atoms with Crippen molar-refractivity contribution in [1.82, 2.24) is 9.97 Å². The first-order valence-corrected chi connectivity index (χ1v) is 5.71. The van der Waals surface area contributed by atoms with Crippen LogP contribution in [-0.2, 0) is 6.42 Å². The first-order chi connectivity index (χ1) is 8.70. The van der Waals surface area contributed by atoms with E-state index in [4.69, 9.17) is 16.3 Å². The lowest BCUT2D eigenvalue weighted by atomic mass is 10.1. The zero-order valence-electron chi connectivity index (χ0n) is 9.76. The number of benzene rings is 1. The second-order valence-electron chi connectivity index (χ2n) is 3.63. The zero-order chi connectivity index (χ0) is 13.0. The lowest BCUT2D eigenvalue weighted by Crippen LogP contribution is -2.06. The molecule has 5 heteroatoms. The van der Waals surface area contributed by atoms with Crippen molar-refractivity contribution in [3.63, 3.8) is 0 Å². The first-order valence-electron chi connectivity index (χ1n) is 5.33. The second kappa shape index (κ2) is 5.60. The van der Waals surface area contributed by atoms with Gasteiger partial charge in [0.15, 0.2) is 5.78 Å². The van der Waals surface area contributed by atoms with Crippen LogP contribution in [0, 0.1) is 0 Å². The highest BCUT2D eigenvalue weighted by molar-refractivity contribution is 6.34. The van der Waals surface area contributed by atoms with Crippen molar-refractivity contribution in [2.24, 2.45) is 0 Å². The third-order valence-electron chi connectivity index (χ3n) is 2.42. The van der Waals surface area contributed by atoms with Gasteiger partial charge in [0.1, 0.15) is 6.33 Å². The van der Waals surface area contributed by atoms with Gasteiger partial charge in [-0.2, -0.15) is 0 Å². The van der Waals surface area contributed by atoms with Crippen LogP contribution in [0.5, 0.6) is 5.88 Å². The van der Waals surface area contributed by atoms with Gasteiger partial charge >= 0.3 is 0 Å². The molecule has 4 nitrogen and oxygen atoms in total. The predicted molar refractivity (Wildman–Crippen MR) is 68.1 cm³/mol. The van der Waals surface area contributed by atoms with Crippen molar-refractivity contribution in [2.75, 3.05) is 7.11 Å². The highest BCUT2D eigenvalue weighted by Crippen LogP contribution is 2.17. The van der Waals surface area contributed by atoms with Gasteiger partial charge in [0.25, 0.3) is 0 Å². The molecular formula is C13H11ClN2O2. The summed E-state index contributed by atoms with van der Waals surface area (Å²) >= 11 is 5.97. The van der Waals surface area contributed by atoms with Crippen molar-refractivity contribution in [3.05, 3.63) is 52.9 Å². The van der Waals surface area contributed by atoms with Gasteiger partial charge in [0, 0.05) is 11.6 Å². The van der Waals surface area contributed by atoms with Crippen molar-refractivity contribution < 1.29 is 9.53 Å². The summed E-state index contributed by atoms with van der Waals surface area (Å²) in [6.45, 7) is 0. The van der Waals surface area contributed by atoms with Gasteiger partial charge < -0.3 is 4.74 Å². The Balaban J connectivity index is 2.19. The maximum Gasteiger partial charge on any atom is 0.216 e. The molecule has 0 aliphatic carbocycles. The molecule has 0 unspecified atom stereocenters. The van der Waals surface area contributed by atoms with E-state index in [1.165, 1.54) is 13.4 Å². The number of aromatic nitrogens is 2. The molecule has 18 heavy (non-hydrogen) atoms. The Kier molecular flexibility index (Phi) is 3.89. The fourth-order valence-corrected chi connectivity index (χ4v) is 1.77. The summed E-state index contributed by atoms with van der Waals surface area (Å²) in [6.07, 6.45) is 1.54. The smallest absolute Gasteiger partial charge is 0.216 e. The Bertz CT molecular complexity index is 572. The average Bonchev–Trinajstić information content (AvgIpc) is 2.39. The lowest BCUT2D eigenvalue weighted by molar-refractivity contribution is 0.0992. The lowest BCUT2D eigenvalue weighted by Gasteiger charge is -2.04. The molecule has 0 amide bonds. The third-order valence-corrected chi connectivity index (χ3v) is 2.75. The van der Waals surface area contributed by atoms with Crippen LogP contribution in [0.1, 0.15) is 16.1 Å². The van der Waals surface area contributed by atoms with Crippen LogP contribution in [0.4, 0.5) is 0 Å². The number of ketones is 1. The minimum atomic E-state index is -0.0821. The molecule has 0 aliphatic heterocycles. The molecule has 1 heterocycles. The summed E-state index contributed by atoms with van der Waals surface area (Å²) in [6, 6.07) is 8.58. The van der Waals surface area contributed by atoms with Gasteiger partial charge in [-0.3, -0.25) is 4.79 Å². The minimum absolute atomic E-state index is 0.0821. The summed E-state index contributed by atoms with van der Waals surface area (Å²) in [5.41, 5.74) is 1.10. The molecule has 0 N–H and O–H groups in total. The molecule has 2 rings (SSSR count). The summed E-state index contributed by atoms with van der Waals surface area (Å²) in [7, 11) is 1.52. The van der Waals surface area contributed by atoms with Crippen LogP contribution in [0.15, 0.2) is 36.7 Å². The molecule has 2 aromatic rings. The van der Waals surface area contributed by atoms with Crippen LogP contribution in [-0.4, -0.2) is 22.9 Å². The van der Waals surface area contributed by atoms with Crippen LogP contribution in [0.3, 0.4) is 0 Å². The summed E-state index contributed by atoms with van der Waals surface area (Å²) < 4.78 is 4.98. The molecule has 1 aromatic carbocycles. The van der Waals surface area contributed by atoms with Crippen molar-refractivity contribution in [3.8, 4) is 5.88 Å². The van der Waals surface area contributed by atoms with Crippen LogP contribution >= 0.6 is 11.6 Å². The fourth-order valence-electron chi connectivity index (χ4n) is 1.53. The molecule has 0 spiro atoms. The number of carbonyl (C=O) groups is 1. The van der Waals surface area contributed by atoms with E-state index in [-0.39, 0.29) is 12.2 Å². The topological polar surface area (TPSA) is 52.1 Å². The predicted octanol–water partition coefficient (Wildman–Crippen LogP) is 2.56. The monoisotopic (exact) mass is 262 g/mol. The second-order valence-corrected chi connectivity index (χ2v) is 4.04. The SMILES string of the molecule is COc1cc(CC(=O)c2ccccc2Cl)ncn1. The molecule has 0 saturated carbocycles. The maximum absolute atomic E-state index is 12.0. The van der Waals surface area contributed by atoms with Gasteiger partial charge in [-0.05, 0) is 12.1 Å². The number of nitrogens with zero attached hydrogens (tertiary/aromatic N) is 2. The van der Waals surface area contributed by atoms with E-state index < -0.39 is 0 Å². The number of halogens is 1. The Labute approximate surface area is 110 Å². The number of methoxy groups -OCH3 is 1. The van der Waals surface area contributed by atoms with Crippen LogP contribution in [0.2, 0.25) is 5.02 Å². The van der Waals surface area contributed by atoms with Gasteiger partial charge in [-0.15, -0.1) is 0 Å². The summed E-state index contributed by atoms with van der Waals surface area (Å²) in [4.78, 5) is 20.0. The molecule has 0 atom stereocenters. The van der Waals surface area contributed by atoms with E-state index in [9.17, 15) is 4.79 Å². The van der Waals surface area contributed by atoms with E-state index in [0.717, 1.165) is 0 Å². The molecule has 92 valence electrons. The molecule has 0 fully saturated rings. The number of ether oxygens (including phenoxy) is 1. The molecule has 1 aromatic heterocycles. The quantitative estimate of drug-likeness (QED) is 0.795. The first kappa shape index (κ1) is 12.5. The zero-order valence-corrected chi connectivity index (χ0v) is 10.5. The largest absolute Gasteiger partial charge is 0.481 e. The van der Waals surface area contributed by atoms with E-state index in [0.29, 0.717) is 22.2 Å². The van der Waals surface area contributed by atoms with E-state index in [1.807, 2.05) is 0 Å². The van der Waals surface area contributed by atoms with Crippen LogP contribution < -0.4 is 4.74 Å². The number of rotatable bonds is 4. The van der Waals surface area contributed by atoms with Crippen LogP contribution in [0.25, 0.3) is 0 Å². The van der Waals surface area contributed by atoms with Gasteiger partial charge in [0.2, 0.25) is 5.88 Å². The van der Waals surface area contributed by atoms with E-state index in [2.05, 4.69) is 9.97 Å². The molecule has 0 saturated heterocycles. The fraction of sp³-hybridized carbons (Fsp3) is 0.154. The Morgan fingerprint density at radius 2 is 2.11 bits per heavy atom. The van der Waals surface area contributed by atoms with Crippen molar-refractivity contribution in [1.29, 1.82) is 0 Å². The average molecular weight is 263 g/mol. The molecule has 0 bridgehead atoms. The standard InChI is InChI=1S/C13H11ClN2O2/c1-18-13-7-9(15-8-16-13)6-12(17)10-4-2-3-5-11(10)14/h2-5,7-8H,6H2,1H3. The number of hydrogen-bond acceptors (Lipinski definition) is 4. The van der Waals surface area contributed by atoms with E-state index in [1.54, 1.807) is 30.3 Å². The Hall–Kier alpha value is -1.94. The van der Waals surface area contributed by atoms with Crippen molar-refractivity contribution in [2.45, 2.75) is 6.42 Å². The minimum Gasteiger partial charge on any atom is -0.481 e. The number of hydrogen-bond donors (Lipinski definition) is 0. The van der Waals surface area contributed by atoms with E-state index >= 15 is 0 Å². The van der Waals surface area contributed by atoms with Crippen molar-refractivity contribution >= 4 is 17.4 Å². The Morgan fingerprint density at radius 3 is 2.83 bits per heavy atom. The maximum atomic E-state index is 12.0. The summed E-state index contributed by atoms with van der Waals surface area (Å²) in [5, 5.41) is 0.448. The number of carbonyl (C=O) groups excluding carboxylic acids is 1. The highest BCUT2D eigenvalue weighted by Gasteiger charge is 2.11.